The van der Waals surface area contributed by atoms with Crippen molar-refractivity contribution in [3.8, 4) is 0 Å². The SMILES string of the molecule is CC/C=C\C/C=C\C/C=C\C/C=C\CCCCCCCCCCC(=O)OC(COC(=O)CCCCCCCCCCCCC/C=C\CCCCCCCCCC)COP(=O)(O)OC1C(O)C(O)C(O)C(O)C1O. The van der Waals surface area contributed by atoms with Crippen LogP contribution in [-0.4, -0.2) is 98.3 Å². The zero-order valence-electron chi connectivity index (χ0n) is 45.7. The molecule has 1 saturated carbocycles. The molecule has 1 aliphatic carbocycles. The number of esters is 2. The standard InChI is InChI=1S/C59H105O13P/c1-3-5-7-9-11-13-15-17-19-21-23-25-26-28-29-31-33-35-37-39-41-43-45-47-52(60)69-49-51(50-70-73(67,68)72-59-57(65)55(63)54(62)56(64)58(59)66)71-53(61)48-46-44-42-40-38-36-34-32-30-27-24-22-20-18-16-14-12-10-8-6-4-2/h6,8,12,14,18,20-21,23-24,27,51,54-59,62-66H,3-5,7,9-11,13,15-17,19,22,25-26,28-50H2,1-2H3,(H,67,68)/b8-6-,14-12-,20-18-,23-21-,27-24-. The number of phosphoric acid groups is 1. The Bertz CT molecular complexity index is 1500. The predicted molar refractivity (Wildman–Crippen MR) is 295 cm³/mol. The van der Waals surface area contributed by atoms with E-state index in [1.54, 1.807) is 0 Å². The molecule has 6 unspecified atom stereocenters. The van der Waals surface area contributed by atoms with E-state index in [0.29, 0.717) is 12.8 Å². The molecule has 0 saturated heterocycles. The van der Waals surface area contributed by atoms with Gasteiger partial charge in [0.05, 0.1) is 6.61 Å². The predicted octanol–water partition coefficient (Wildman–Crippen LogP) is 13.6. The van der Waals surface area contributed by atoms with Crippen LogP contribution in [0.1, 0.15) is 245 Å². The fourth-order valence-electron chi connectivity index (χ4n) is 8.75. The maximum absolute atomic E-state index is 12.9. The van der Waals surface area contributed by atoms with Gasteiger partial charge in [0.1, 0.15) is 43.2 Å². The van der Waals surface area contributed by atoms with Crippen molar-refractivity contribution in [3.05, 3.63) is 60.8 Å². The smallest absolute Gasteiger partial charge is 0.462 e. The van der Waals surface area contributed by atoms with Crippen LogP contribution in [0.4, 0.5) is 0 Å². The average molecular weight is 1050 g/mol. The van der Waals surface area contributed by atoms with E-state index < -0.39 is 75.7 Å². The summed E-state index contributed by atoms with van der Waals surface area (Å²) >= 11 is 0. The molecule has 0 aliphatic heterocycles. The summed E-state index contributed by atoms with van der Waals surface area (Å²) in [5.74, 6) is -1.10. The number of aliphatic hydroxyl groups excluding tert-OH is 5. The largest absolute Gasteiger partial charge is 0.472 e. The fourth-order valence-corrected chi connectivity index (χ4v) is 9.72. The van der Waals surface area contributed by atoms with Crippen LogP contribution in [0.5, 0.6) is 0 Å². The van der Waals surface area contributed by atoms with Crippen molar-refractivity contribution >= 4 is 19.8 Å². The summed E-state index contributed by atoms with van der Waals surface area (Å²) in [6.07, 6.45) is 48.3. The number of hydrogen-bond acceptors (Lipinski definition) is 12. The Morgan fingerprint density at radius 1 is 0.438 bits per heavy atom. The fraction of sp³-hybridized carbons (Fsp3) is 0.797. The zero-order valence-corrected chi connectivity index (χ0v) is 46.6. The summed E-state index contributed by atoms with van der Waals surface area (Å²) in [6.45, 7) is 3.22. The van der Waals surface area contributed by atoms with E-state index in [2.05, 4.69) is 74.6 Å². The third kappa shape index (κ3) is 39.6. The van der Waals surface area contributed by atoms with Crippen molar-refractivity contribution in [1.29, 1.82) is 0 Å². The second kappa shape index (κ2) is 48.0. The first-order valence-electron chi connectivity index (χ1n) is 29.1. The Morgan fingerprint density at radius 3 is 1.21 bits per heavy atom. The van der Waals surface area contributed by atoms with Crippen molar-refractivity contribution in [2.24, 2.45) is 0 Å². The summed E-state index contributed by atoms with van der Waals surface area (Å²) < 4.78 is 33.8. The summed E-state index contributed by atoms with van der Waals surface area (Å²) in [7, 11) is -5.13. The number of carbonyl (C=O) groups is 2. The molecule has 6 N–H and O–H groups in total. The second-order valence-electron chi connectivity index (χ2n) is 20.1. The molecule has 1 fully saturated rings. The molecule has 0 amide bonds. The molecule has 424 valence electrons. The summed E-state index contributed by atoms with van der Waals surface area (Å²) in [5.41, 5.74) is 0. The molecule has 0 radical (unpaired) electrons. The van der Waals surface area contributed by atoms with Gasteiger partial charge < -0.3 is 39.9 Å². The molecule has 1 aliphatic rings. The van der Waals surface area contributed by atoms with Crippen molar-refractivity contribution in [2.45, 2.75) is 288 Å². The van der Waals surface area contributed by atoms with E-state index in [-0.39, 0.29) is 12.8 Å². The average Bonchev–Trinajstić information content (AvgIpc) is 3.37. The number of rotatable bonds is 49. The van der Waals surface area contributed by atoms with Crippen LogP contribution in [0.2, 0.25) is 0 Å². The molecular formula is C59H105O13P. The van der Waals surface area contributed by atoms with Crippen LogP contribution in [0.3, 0.4) is 0 Å². The van der Waals surface area contributed by atoms with E-state index >= 15 is 0 Å². The van der Waals surface area contributed by atoms with Gasteiger partial charge in [0.2, 0.25) is 0 Å². The molecule has 0 aromatic rings. The number of phosphoric ester groups is 1. The third-order valence-corrected chi connectivity index (χ3v) is 14.3. The van der Waals surface area contributed by atoms with Crippen molar-refractivity contribution in [3.63, 3.8) is 0 Å². The van der Waals surface area contributed by atoms with Gasteiger partial charge in [0.25, 0.3) is 0 Å². The van der Waals surface area contributed by atoms with E-state index in [9.17, 15) is 44.6 Å². The minimum atomic E-state index is -5.13. The Labute approximate surface area is 443 Å². The molecule has 13 nitrogen and oxygen atoms in total. The van der Waals surface area contributed by atoms with Gasteiger partial charge in [-0.05, 0) is 77.0 Å². The molecule has 0 spiro atoms. The minimum Gasteiger partial charge on any atom is -0.462 e. The zero-order chi connectivity index (χ0) is 53.5. The molecule has 73 heavy (non-hydrogen) atoms. The van der Waals surface area contributed by atoms with E-state index in [4.69, 9.17) is 18.5 Å². The number of allylic oxidation sites excluding steroid dienone is 10. The summed E-state index contributed by atoms with van der Waals surface area (Å²) in [4.78, 5) is 36.0. The number of ether oxygens (including phenoxy) is 2. The van der Waals surface area contributed by atoms with Crippen LogP contribution < -0.4 is 0 Å². The molecule has 6 atom stereocenters. The van der Waals surface area contributed by atoms with Crippen LogP contribution in [0.15, 0.2) is 60.8 Å². The highest BCUT2D eigenvalue weighted by Gasteiger charge is 2.51. The van der Waals surface area contributed by atoms with E-state index in [0.717, 1.165) is 89.9 Å². The highest BCUT2D eigenvalue weighted by atomic mass is 31.2. The van der Waals surface area contributed by atoms with Crippen LogP contribution in [0, 0.1) is 0 Å². The maximum atomic E-state index is 12.9. The van der Waals surface area contributed by atoms with Crippen LogP contribution >= 0.6 is 7.82 Å². The normalized spacial score (nSPS) is 20.8. The topological polar surface area (TPSA) is 210 Å². The van der Waals surface area contributed by atoms with Crippen LogP contribution in [-0.2, 0) is 32.7 Å². The van der Waals surface area contributed by atoms with Gasteiger partial charge in [-0.15, -0.1) is 0 Å². The number of aliphatic hydroxyl groups is 5. The molecular weight excluding hydrogens is 948 g/mol. The van der Waals surface area contributed by atoms with E-state index in [1.165, 1.54) is 116 Å². The highest BCUT2D eigenvalue weighted by Crippen LogP contribution is 2.47. The lowest BCUT2D eigenvalue weighted by Crippen LogP contribution is -2.64. The summed E-state index contributed by atoms with van der Waals surface area (Å²) in [5, 5.41) is 50.4. The quantitative estimate of drug-likeness (QED) is 0.0145. The van der Waals surface area contributed by atoms with Gasteiger partial charge in [-0.25, -0.2) is 4.57 Å². The van der Waals surface area contributed by atoms with E-state index in [1.807, 2.05) is 0 Å². The van der Waals surface area contributed by atoms with Crippen molar-refractivity contribution < 1.29 is 63.1 Å². The molecule has 14 heteroatoms. The lowest BCUT2D eigenvalue weighted by molar-refractivity contribution is -0.220. The minimum absolute atomic E-state index is 0.0858. The molecule has 0 aromatic carbocycles. The first-order chi connectivity index (χ1) is 35.4. The molecule has 0 bridgehead atoms. The van der Waals surface area contributed by atoms with Crippen molar-refractivity contribution in [2.75, 3.05) is 13.2 Å². The lowest BCUT2D eigenvalue weighted by Gasteiger charge is -2.41. The van der Waals surface area contributed by atoms with Gasteiger partial charge in [0.15, 0.2) is 6.10 Å². The highest BCUT2D eigenvalue weighted by molar-refractivity contribution is 7.47. The van der Waals surface area contributed by atoms with Gasteiger partial charge >= 0.3 is 19.8 Å². The molecule has 1 rings (SSSR count). The lowest BCUT2D eigenvalue weighted by atomic mass is 9.85. The first-order valence-corrected chi connectivity index (χ1v) is 30.6. The van der Waals surface area contributed by atoms with Gasteiger partial charge in [-0.2, -0.15) is 0 Å². The van der Waals surface area contributed by atoms with Gasteiger partial charge in [-0.3, -0.25) is 18.6 Å². The number of unbranched alkanes of at least 4 members (excludes halogenated alkanes) is 27. The number of hydrogen-bond donors (Lipinski definition) is 6. The second-order valence-corrected chi connectivity index (χ2v) is 21.5. The van der Waals surface area contributed by atoms with Crippen LogP contribution in [0.25, 0.3) is 0 Å². The Morgan fingerprint density at radius 2 is 0.781 bits per heavy atom. The first kappa shape index (κ1) is 68.6. The Hall–Kier alpha value is -2.45. The monoisotopic (exact) mass is 1050 g/mol. The third-order valence-electron chi connectivity index (χ3n) is 13.3. The Balaban J connectivity index is 2.33. The molecule has 0 heterocycles. The van der Waals surface area contributed by atoms with Crippen molar-refractivity contribution in [1.82, 2.24) is 0 Å². The number of carbonyl (C=O) groups excluding carboxylic acids is 2. The van der Waals surface area contributed by atoms with Gasteiger partial charge in [0, 0.05) is 12.8 Å². The summed E-state index contributed by atoms with van der Waals surface area (Å²) in [6, 6.07) is 0. The molecule has 0 aromatic heterocycles. The maximum Gasteiger partial charge on any atom is 0.472 e. The van der Waals surface area contributed by atoms with Gasteiger partial charge in [-0.1, -0.05) is 216 Å². The Kier molecular flexibility index (Phi) is 45.0.